The first-order chi connectivity index (χ1) is 10.2. The van der Waals surface area contributed by atoms with Gasteiger partial charge in [0.25, 0.3) is 0 Å². The minimum Gasteiger partial charge on any atom is -0.392 e. The maximum Gasteiger partial charge on any atom is 0.327 e. The number of hydrogen-bond donors (Lipinski definition) is 1. The van der Waals surface area contributed by atoms with Crippen LogP contribution in [0, 0.1) is 0 Å². The molecule has 0 spiro atoms. The molecule has 0 heterocycles. The van der Waals surface area contributed by atoms with E-state index < -0.39 is 11.9 Å². The van der Waals surface area contributed by atoms with Gasteiger partial charge in [-0.1, -0.05) is 71.1 Å². The second-order valence-corrected chi connectivity index (χ2v) is 5.66. The van der Waals surface area contributed by atoms with Crippen LogP contribution in [0.3, 0.4) is 0 Å². The van der Waals surface area contributed by atoms with Gasteiger partial charge in [-0.25, -0.2) is 0 Å². The van der Waals surface area contributed by atoms with Gasteiger partial charge in [0.2, 0.25) is 0 Å². The van der Waals surface area contributed by atoms with Crippen molar-refractivity contribution in [1.82, 2.24) is 5.32 Å². The summed E-state index contributed by atoms with van der Waals surface area (Å²) in [5, 5.41) is 2.66. The van der Waals surface area contributed by atoms with Crippen molar-refractivity contribution in [1.29, 1.82) is 0 Å². The molecule has 0 aliphatic rings. The molecule has 0 aliphatic heterocycles. The van der Waals surface area contributed by atoms with Crippen LogP contribution in [0.4, 0.5) is 0 Å². The predicted octanol–water partition coefficient (Wildman–Crippen LogP) is 3.60. The Morgan fingerprint density at radius 1 is 0.773 bits per heavy atom. The van der Waals surface area contributed by atoms with E-state index in [1.54, 1.807) is 7.05 Å². The summed E-state index contributed by atoms with van der Waals surface area (Å²) in [6.07, 6.45) is 14.1. The molecule has 1 radical (unpaired) electrons. The van der Waals surface area contributed by atoms with Gasteiger partial charge >= 0.3 is 11.9 Å². The third-order valence-corrected chi connectivity index (χ3v) is 3.53. The Labute approximate surface area is 178 Å². The molecule has 0 aromatic rings. The van der Waals surface area contributed by atoms with Crippen molar-refractivity contribution in [3.63, 3.8) is 0 Å². The van der Waals surface area contributed by atoms with Crippen LogP contribution in [0.5, 0.6) is 0 Å². The van der Waals surface area contributed by atoms with Crippen LogP contribution in [0.1, 0.15) is 84.0 Å². The first-order valence-corrected chi connectivity index (χ1v) is 8.58. The minimum atomic E-state index is -0.495. The van der Waals surface area contributed by atoms with Gasteiger partial charge in [-0.2, -0.15) is 0 Å². The summed E-state index contributed by atoms with van der Waals surface area (Å²) >= 11 is 0. The number of hydrogen-bond acceptors (Lipinski definition) is 4. The van der Waals surface area contributed by atoms with Crippen LogP contribution in [-0.2, 0) is 14.3 Å². The molecule has 0 rings (SSSR count). The fourth-order valence-electron chi connectivity index (χ4n) is 2.29. The average molecular weight is 339 g/mol. The van der Waals surface area contributed by atoms with E-state index in [0.717, 1.165) is 12.8 Å². The number of carbonyl (C=O) groups is 2. The largest absolute Gasteiger partial charge is 0.392 e. The van der Waals surface area contributed by atoms with Gasteiger partial charge in [-0.3, -0.25) is 9.59 Å². The van der Waals surface area contributed by atoms with E-state index in [9.17, 15) is 9.59 Å². The number of carbonyl (C=O) groups excluding carboxylic acids is 2. The molecular formula is C17H33KNO3. The van der Waals surface area contributed by atoms with Crippen LogP contribution >= 0.6 is 0 Å². The number of likely N-dealkylation sites (N-methyl/N-ethyl adjacent to an activating group) is 1. The van der Waals surface area contributed by atoms with E-state index >= 15 is 0 Å². The van der Waals surface area contributed by atoms with E-state index in [-0.39, 0.29) is 57.9 Å². The number of esters is 2. The maximum absolute atomic E-state index is 11.3. The fourth-order valence-corrected chi connectivity index (χ4v) is 2.29. The van der Waals surface area contributed by atoms with Crippen LogP contribution < -0.4 is 5.32 Å². The standard InChI is InChI=1S/C17H33NO3.K/c1-3-4-5-6-7-8-9-10-11-12-13-14-16(19)21-17(20)15-18-2;/h18H,3-15H2,1-2H3;. The smallest absolute Gasteiger partial charge is 0.327 e. The number of nitrogens with one attached hydrogen (secondary N) is 1. The quantitative estimate of drug-likeness (QED) is 0.228. The Morgan fingerprint density at radius 3 is 1.68 bits per heavy atom. The van der Waals surface area contributed by atoms with Crippen molar-refractivity contribution in [2.75, 3.05) is 13.6 Å². The third-order valence-electron chi connectivity index (χ3n) is 3.53. The van der Waals surface area contributed by atoms with Crippen LogP contribution in [-0.4, -0.2) is 76.9 Å². The molecule has 1 N–H and O–H groups in total. The topological polar surface area (TPSA) is 55.4 Å². The summed E-state index contributed by atoms with van der Waals surface area (Å²) in [5.74, 6) is -0.892. The van der Waals surface area contributed by atoms with Crippen molar-refractivity contribution in [3.8, 4) is 0 Å². The van der Waals surface area contributed by atoms with E-state index in [0.29, 0.717) is 6.42 Å². The molecule has 125 valence electrons. The maximum atomic E-state index is 11.3. The summed E-state index contributed by atoms with van der Waals surface area (Å²) in [7, 11) is 1.65. The zero-order valence-electron chi connectivity index (χ0n) is 14.9. The molecule has 0 bridgehead atoms. The average Bonchev–Trinajstić information content (AvgIpc) is 2.45. The summed E-state index contributed by atoms with van der Waals surface area (Å²) in [5.41, 5.74) is 0. The van der Waals surface area contributed by atoms with Gasteiger partial charge in [-0.05, 0) is 13.5 Å². The molecule has 22 heavy (non-hydrogen) atoms. The molecule has 5 heteroatoms. The van der Waals surface area contributed by atoms with Crippen molar-refractivity contribution < 1.29 is 14.3 Å². The predicted molar refractivity (Wildman–Crippen MR) is 91.9 cm³/mol. The molecule has 0 saturated carbocycles. The molecule has 0 atom stereocenters. The van der Waals surface area contributed by atoms with E-state index in [1.165, 1.54) is 57.8 Å². The minimum absolute atomic E-state index is 0. The fraction of sp³-hybridized carbons (Fsp3) is 0.882. The Morgan fingerprint density at radius 2 is 1.23 bits per heavy atom. The van der Waals surface area contributed by atoms with Crippen molar-refractivity contribution in [3.05, 3.63) is 0 Å². The van der Waals surface area contributed by atoms with Gasteiger partial charge in [0, 0.05) is 57.8 Å². The first-order valence-electron chi connectivity index (χ1n) is 8.58. The first kappa shape index (κ1) is 25.0. The van der Waals surface area contributed by atoms with Crippen LogP contribution in [0.2, 0.25) is 0 Å². The van der Waals surface area contributed by atoms with Crippen LogP contribution in [0.25, 0.3) is 0 Å². The van der Waals surface area contributed by atoms with Gasteiger partial charge in [0.15, 0.2) is 0 Å². The Hall–Kier alpha value is 0.736. The zero-order chi connectivity index (χ0) is 15.8. The Kier molecular flexibility index (Phi) is 22.5. The normalized spacial score (nSPS) is 10.1. The number of rotatable bonds is 14. The Balaban J connectivity index is 0. The summed E-state index contributed by atoms with van der Waals surface area (Å²) in [6, 6.07) is 0. The zero-order valence-corrected chi connectivity index (χ0v) is 18.0. The molecule has 0 saturated heterocycles. The van der Waals surface area contributed by atoms with E-state index in [2.05, 4.69) is 17.0 Å². The van der Waals surface area contributed by atoms with E-state index in [1.807, 2.05) is 0 Å². The van der Waals surface area contributed by atoms with Gasteiger partial charge < -0.3 is 10.1 Å². The number of ether oxygens (including phenoxy) is 1. The number of unbranched alkanes of at least 4 members (excludes halogenated alkanes) is 10. The molecule has 0 aromatic carbocycles. The van der Waals surface area contributed by atoms with Crippen molar-refractivity contribution in [2.45, 2.75) is 84.0 Å². The molecule has 0 fully saturated rings. The van der Waals surface area contributed by atoms with E-state index in [4.69, 9.17) is 0 Å². The summed E-state index contributed by atoms with van der Waals surface area (Å²) in [6.45, 7) is 2.33. The molecule has 4 nitrogen and oxygen atoms in total. The Bertz CT molecular complexity index is 273. The molecule has 0 aliphatic carbocycles. The molecule has 0 aromatic heterocycles. The summed E-state index contributed by atoms with van der Waals surface area (Å²) < 4.78 is 4.64. The van der Waals surface area contributed by atoms with Gasteiger partial charge in [0.05, 0.1) is 6.54 Å². The van der Waals surface area contributed by atoms with Crippen molar-refractivity contribution >= 4 is 63.3 Å². The second kappa shape index (κ2) is 19.8. The monoisotopic (exact) mass is 338 g/mol. The molecule has 0 amide bonds. The van der Waals surface area contributed by atoms with Gasteiger partial charge in [-0.15, -0.1) is 0 Å². The molecule has 0 unspecified atom stereocenters. The van der Waals surface area contributed by atoms with Crippen molar-refractivity contribution in [2.24, 2.45) is 0 Å². The van der Waals surface area contributed by atoms with Gasteiger partial charge in [0.1, 0.15) is 0 Å². The SMILES string of the molecule is CCCCCCCCCCCCCC(=O)OC(=O)CNC.[K]. The van der Waals surface area contributed by atoms with Crippen LogP contribution in [0.15, 0.2) is 0 Å². The second-order valence-electron chi connectivity index (χ2n) is 5.66. The summed E-state index contributed by atoms with van der Waals surface area (Å²) in [4.78, 5) is 22.4. The molecular weight excluding hydrogens is 305 g/mol. The third kappa shape index (κ3) is 18.8.